The van der Waals surface area contributed by atoms with Crippen LogP contribution in [0.3, 0.4) is 0 Å². The van der Waals surface area contributed by atoms with Crippen molar-refractivity contribution >= 4 is 5.97 Å². The van der Waals surface area contributed by atoms with Crippen molar-refractivity contribution in [2.24, 2.45) is 5.41 Å². The average Bonchev–Trinajstić information content (AvgIpc) is 3.56. The van der Waals surface area contributed by atoms with Gasteiger partial charge < -0.3 is 24.3 Å². The number of hydrogen-bond donors (Lipinski definition) is 2. The third kappa shape index (κ3) is 3.99. The van der Waals surface area contributed by atoms with E-state index < -0.39 is 22.7 Å². The van der Waals surface area contributed by atoms with Crippen molar-refractivity contribution in [1.82, 2.24) is 9.55 Å². The zero-order chi connectivity index (χ0) is 23.2. The summed E-state index contributed by atoms with van der Waals surface area (Å²) in [7, 11) is 1.66. The maximum absolute atomic E-state index is 12.6. The summed E-state index contributed by atoms with van der Waals surface area (Å²) in [6.45, 7) is 7.28. The summed E-state index contributed by atoms with van der Waals surface area (Å²) in [4.78, 5) is 29.2. The highest BCUT2D eigenvalue weighted by atomic mass is 16.5. The largest absolute Gasteiger partial charge is 0.503 e. The number of carboxylic acid groups (broad SMARTS) is 1. The molecule has 0 amide bonds. The van der Waals surface area contributed by atoms with Crippen LogP contribution in [0.15, 0.2) is 17.1 Å². The Morgan fingerprint density at radius 2 is 2.00 bits per heavy atom. The molecule has 1 aliphatic heterocycles. The first kappa shape index (κ1) is 22.3. The summed E-state index contributed by atoms with van der Waals surface area (Å²) in [6, 6.07) is 1.81. The molecule has 4 rings (SSSR count). The van der Waals surface area contributed by atoms with Gasteiger partial charge in [0.1, 0.15) is 17.0 Å². The molecule has 2 N–H and O–H groups in total. The van der Waals surface area contributed by atoms with Gasteiger partial charge in [-0.2, -0.15) is 0 Å². The molecule has 1 aliphatic carbocycles. The lowest BCUT2D eigenvalue weighted by Crippen LogP contribution is -2.33. The molecule has 0 radical (unpaired) electrons. The van der Waals surface area contributed by atoms with Crippen LogP contribution in [0.1, 0.15) is 73.6 Å². The lowest BCUT2D eigenvalue weighted by Gasteiger charge is -2.39. The van der Waals surface area contributed by atoms with E-state index in [4.69, 9.17) is 14.5 Å². The zero-order valence-corrected chi connectivity index (χ0v) is 19.0. The molecule has 32 heavy (non-hydrogen) atoms. The molecule has 0 bridgehead atoms. The molecule has 2 aliphatic rings. The molecular weight excluding hydrogens is 412 g/mol. The first-order valence-corrected chi connectivity index (χ1v) is 11.0. The summed E-state index contributed by atoms with van der Waals surface area (Å²) >= 11 is 0. The predicted molar refractivity (Wildman–Crippen MR) is 119 cm³/mol. The summed E-state index contributed by atoms with van der Waals surface area (Å²) in [6.07, 6.45) is 4.73. The number of carboxylic acids is 1. The quantitative estimate of drug-likeness (QED) is 0.628. The fourth-order valence-electron chi connectivity index (χ4n) is 4.34. The third-order valence-electron chi connectivity index (χ3n) is 6.22. The fourth-order valence-corrected chi connectivity index (χ4v) is 4.34. The number of aromatic carboxylic acids is 1. The van der Waals surface area contributed by atoms with Crippen molar-refractivity contribution in [2.45, 2.75) is 58.4 Å². The molecule has 0 spiro atoms. The van der Waals surface area contributed by atoms with Crippen LogP contribution in [0, 0.1) is 5.41 Å². The van der Waals surface area contributed by atoms with Gasteiger partial charge in [-0.15, -0.1) is 0 Å². The Morgan fingerprint density at radius 1 is 1.28 bits per heavy atom. The minimum absolute atomic E-state index is 0.176. The second kappa shape index (κ2) is 8.24. The van der Waals surface area contributed by atoms with Crippen LogP contribution in [0.4, 0.5) is 0 Å². The molecule has 1 saturated carbocycles. The van der Waals surface area contributed by atoms with Gasteiger partial charge in [-0.1, -0.05) is 20.8 Å². The van der Waals surface area contributed by atoms with Crippen LogP contribution < -0.4 is 10.2 Å². The number of rotatable bonds is 7. The normalized spacial score (nSPS) is 17.6. The summed E-state index contributed by atoms with van der Waals surface area (Å²) in [5.41, 5.74) is 0.934. The lowest BCUT2D eigenvalue weighted by molar-refractivity contribution is 0.0693. The van der Waals surface area contributed by atoms with Gasteiger partial charge in [0.2, 0.25) is 5.43 Å². The minimum atomic E-state index is -1.36. The maximum atomic E-state index is 12.6. The van der Waals surface area contributed by atoms with Gasteiger partial charge in [-0.25, -0.2) is 9.78 Å². The number of aromatic nitrogens is 2. The molecule has 0 unspecified atom stereocenters. The van der Waals surface area contributed by atoms with Crippen molar-refractivity contribution < 1.29 is 24.5 Å². The Bertz CT molecular complexity index is 1110. The molecule has 1 fully saturated rings. The Labute approximate surface area is 186 Å². The van der Waals surface area contributed by atoms with Crippen LogP contribution >= 0.6 is 0 Å². The smallest absolute Gasteiger partial charge is 0.341 e. The van der Waals surface area contributed by atoms with Crippen molar-refractivity contribution in [2.75, 3.05) is 20.3 Å². The molecule has 0 saturated heterocycles. The first-order chi connectivity index (χ1) is 15.1. The minimum Gasteiger partial charge on any atom is -0.503 e. The Morgan fingerprint density at radius 3 is 2.59 bits per heavy atom. The Balaban J connectivity index is 1.89. The topological polar surface area (TPSA) is 111 Å². The van der Waals surface area contributed by atoms with E-state index in [0.717, 1.165) is 36.3 Å². The van der Waals surface area contributed by atoms with E-state index in [-0.39, 0.29) is 17.2 Å². The van der Waals surface area contributed by atoms with E-state index in [1.54, 1.807) is 11.7 Å². The van der Waals surface area contributed by atoms with Crippen molar-refractivity contribution in [3.63, 3.8) is 0 Å². The highest BCUT2D eigenvalue weighted by Gasteiger charge is 2.38. The number of nitrogens with zero attached hydrogens (tertiary/aromatic N) is 2. The summed E-state index contributed by atoms with van der Waals surface area (Å²) in [5.74, 6) is -0.889. The number of aromatic hydroxyl groups is 1. The molecule has 2 aromatic heterocycles. The van der Waals surface area contributed by atoms with Crippen LogP contribution in [0.5, 0.6) is 11.5 Å². The van der Waals surface area contributed by atoms with Gasteiger partial charge in [-0.3, -0.25) is 4.79 Å². The first-order valence-electron chi connectivity index (χ1n) is 11.0. The number of carbonyl (C=O) groups is 1. The maximum Gasteiger partial charge on any atom is 0.341 e. The molecule has 8 nitrogen and oxygen atoms in total. The highest BCUT2D eigenvalue weighted by molar-refractivity contribution is 5.89. The molecule has 2 aromatic rings. The van der Waals surface area contributed by atoms with Crippen LogP contribution in [-0.2, 0) is 11.2 Å². The zero-order valence-electron chi connectivity index (χ0n) is 19.0. The van der Waals surface area contributed by atoms with Gasteiger partial charge in [0, 0.05) is 38.3 Å². The van der Waals surface area contributed by atoms with Crippen LogP contribution in [-0.4, -0.2) is 46.1 Å². The number of ether oxygens (including phenoxy) is 2. The molecule has 3 heterocycles. The second-order valence-electron chi connectivity index (χ2n) is 9.72. The Kier molecular flexibility index (Phi) is 5.75. The number of hydrogen-bond acceptors (Lipinski definition) is 6. The van der Waals surface area contributed by atoms with Crippen LogP contribution in [0.25, 0.3) is 11.4 Å². The number of pyridine rings is 2. The van der Waals surface area contributed by atoms with E-state index in [1.807, 2.05) is 6.07 Å². The monoisotopic (exact) mass is 442 g/mol. The van der Waals surface area contributed by atoms with Gasteiger partial charge in [0.05, 0.1) is 18.0 Å². The lowest BCUT2D eigenvalue weighted by atomic mass is 9.79. The molecular formula is C24H30N2O6. The van der Waals surface area contributed by atoms with E-state index in [9.17, 15) is 19.8 Å². The number of methoxy groups -OCH3 is 1. The number of fused-ring (bicyclic) bond motifs is 3. The third-order valence-corrected chi connectivity index (χ3v) is 6.22. The van der Waals surface area contributed by atoms with Gasteiger partial charge in [0.15, 0.2) is 5.75 Å². The summed E-state index contributed by atoms with van der Waals surface area (Å²) in [5, 5.41) is 20.3. The molecule has 172 valence electrons. The SMILES string of the molecule is COCCCOc1cc2c(nc1C1CC1)-c1c(O)c(=O)c(C(=O)O)cn1[C@H](C(C)(C)C)C2. The van der Waals surface area contributed by atoms with Crippen molar-refractivity contribution in [3.05, 3.63) is 39.3 Å². The summed E-state index contributed by atoms with van der Waals surface area (Å²) < 4.78 is 12.9. The van der Waals surface area contributed by atoms with Crippen molar-refractivity contribution in [1.29, 1.82) is 0 Å². The Hall–Kier alpha value is -2.87. The highest BCUT2D eigenvalue weighted by Crippen LogP contribution is 2.49. The average molecular weight is 443 g/mol. The standard InChI is InChI=1S/C24H30N2O6/c1-24(2,3)17-11-14-10-16(32-9-5-8-31-4)18(13-6-7-13)25-19(14)20-22(28)21(27)15(23(29)30)12-26(17)20/h10,12-13,17,28H,5-9,11H2,1-4H3,(H,29,30)/t17-/m0/s1. The van der Waals surface area contributed by atoms with Gasteiger partial charge >= 0.3 is 5.97 Å². The predicted octanol–water partition coefficient (Wildman–Crippen LogP) is 3.75. The molecule has 1 atom stereocenters. The van der Waals surface area contributed by atoms with E-state index in [2.05, 4.69) is 20.8 Å². The van der Waals surface area contributed by atoms with E-state index in [0.29, 0.717) is 31.2 Å². The van der Waals surface area contributed by atoms with Crippen molar-refractivity contribution in [3.8, 4) is 22.9 Å². The van der Waals surface area contributed by atoms with Crippen LogP contribution in [0.2, 0.25) is 0 Å². The van der Waals surface area contributed by atoms with E-state index >= 15 is 0 Å². The van der Waals surface area contributed by atoms with Gasteiger partial charge in [0.25, 0.3) is 0 Å². The fraction of sp³-hybridized carbons (Fsp3) is 0.542. The molecule has 0 aromatic carbocycles. The molecule has 8 heteroatoms. The second-order valence-corrected chi connectivity index (χ2v) is 9.72. The van der Waals surface area contributed by atoms with E-state index in [1.165, 1.54) is 6.20 Å². The van der Waals surface area contributed by atoms with Gasteiger partial charge in [-0.05, 0) is 36.3 Å².